The van der Waals surface area contributed by atoms with Crippen LogP contribution in [0.15, 0.2) is 47.4 Å². The number of nitrogens with one attached hydrogen (secondary N) is 1. The molecule has 0 radical (unpaired) electrons. The van der Waals surface area contributed by atoms with Gasteiger partial charge in [-0.1, -0.05) is 26.0 Å². The first kappa shape index (κ1) is 19.0. The van der Waals surface area contributed by atoms with Crippen LogP contribution >= 0.6 is 0 Å². The molecule has 1 N–H and O–H groups in total. The number of sulfonamides is 1. The second-order valence-corrected chi connectivity index (χ2v) is 7.69. The Morgan fingerprint density at radius 3 is 2.32 bits per heavy atom. The third kappa shape index (κ3) is 4.39. The average Bonchev–Trinajstić information content (AvgIpc) is 2.62. The van der Waals surface area contributed by atoms with Gasteiger partial charge < -0.3 is 4.74 Å². The number of carbonyl (C=O) groups is 1. The summed E-state index contributed by atoms with van der Waals surface area (Å²) < 4.78 is 32.4. The van der Waals surface area contributed by atoms with Gasteiger partial charge in [0.1, 0.15) is 0 Å². The highest BCUT2D eigenvalue weighted by molar-refractivity contribution is 7.92. The Morgan fingerprint density at radius 2 is 1.80 bits per heavy atom. The third-order valence-electron chi connectivity index (χ3n) is 4.26. The fourth-order valence-corrected chi connectivity index (χ4v) is 3.57. The molecule has 2 aromatic carbocycles. The van der Waals surface area contributed by atoms with Crippen molar-refractivity contribution < 1.29 is 17.9 Å². The standard InChI is InChI=1S/C19H23NO4S/c1-5-13(2)15-6-9-17(10-7-15)25(22,23)20-18-11-8-16(12-14(18)3)19(21)24-4/h6-13,20H,5H2,1-4H3. The van der Waals surface area contributed by atoms with Crippen LogP contribution in [0.3, 0.4) is 0 Å². The molecule has 2 aromatic rings. The van der Waals surface area contributed by atoms with Gasteiger partial charge in [-0.3, -0.25) is 4.72 Å². The Labute approximate surface area is 149 Å². The largest absolute Gasteiger partial charge is 0.465 e. The van der Waals surface area contributed by atoms with Crippen molar-refractivity contribution in [3.63, 3.8) is 0 Å². The van der Waals surface area contributed by atoms with Crippen LogP contribution in [0.1, 0.15) is 47.7 Å². The Kier molecular flexibility index (Phi) is 5.85. The molecule has 2 rings (SSSR count). The lowest BCUT2D eigenvalue weighted by atomic mass is 9.99. The van der Waals surface area contributed by atoms with Crippen molar-refractivity contribution in [3.8, 4) is 0 Å². The number of aryl methyl sites for hydroxylation is 1. The van der Waals surface area contributed by atoms with Gasteiger partial charge in [0.25, 0.3) is 10.0 Å². The maximum Gasteiger partial charge on any atom is 0.337 e. The van der Waals surface area contributed by atoms with E-state index in [-0.39, 0.29) is 4.90 Å². The minimum Gasteiger partial charge on any atom is -0.465 e. The molecular weight excluding hydrogens is 338 g/mol. The van der Waals surface area contributed by atoms with E-state index < -0.39 is 16.0 Å². The van der Waals surface area contributed by atoms with Crippen molar-refractivity contribution in [3.05, 3.63) is 59.2 Å². The first-order valence-electron chi connectivity index (χ1n) is 8.10. The maximum absolute atomic E-state index is 12.6. The van der Waals surface area contributed by atoms with Crippen molar-refractivity contribution in [2.75, 3.05) is 11.8 Å². The van der Waals surface area contributed by atoms with Gasteiger partial charge in [-0.25, -0.2) is 13.2 Å². The molecular formula is C19H23NO4S. The fourth-order valence-electron chi connectivity index (χ4n) is 2.44. The number of hydrogen-bond acceptors (Lipinski definition) is 4. The van der Waals surface area contributed by atoms with Gasteiger partial charge in [0.2, 0.25) is 0 Å². The number of rotatable bonds is 6. The van der Waals surface area contributed by atoms with Gasteiger partial charge in [-0.05, 0) is 60.7 Å². The van der Waals surface area contributed by atoms with E-state index in [0.29, 0.717) is 22.7 Å². The monoisotopic (exact) mass is 361 g/mol. The molecule has 1 unspecified atom stereocenters. The highest BCUT2D eigenvalue weighted by atomic mass is 32.2. The molecule has 0 aliphatic carbocycles. The highest BCUT2D eigenvalue weighted by Gasteiger charge is 2.17. The normalized spacial score (nSPS) is 12.5. The number of carbonyl (C=O) groups excluding carboxylic acids is 1. The van der Waals surface area contributed by atoms with Crippen LogP contribution in [0, 0.1) is 6.92 Å². The van der Waals surface area contributed by atoms with Crippen LogP contribution in [-0.4, -0.2) is 21.5 Å². The summed E-state index contributed by atoms with van der Waals surface area (Å²) >= 11 is 0. The lowest BCUT2D eigenvalue weighted by molar-refractivity contribution is 0.0600. The van der Waals surface area contributed by atoms with E-state index in [9.17, 15) is 13.2 Å². The quantitative estimate of drug-likeness (QED) is 0.786. The highest BCUT2D eigenvalue weighted by Crippen LogP contribution is 2.24. The molecule has 0 saturated carbocycles. The van der Waals surface area contributed by atoms with Crippen LogP contribution in [0.25, 0.3) is 0 Å². The number of benzene rings is 2. The van der Waals surface area contributed by atoms with Crippen LogP contribution in [0.4, 0.5) is 5.69 Å². The van der Waals surface area contributed by atoms with E-state index in [2.05, 4.69) is 23.3 Å². The molecule has 6 heteroatoms. The molecule has 1 atom stereocenters. The van der Waals surface area contributed by atoms with E-state index in [0.717, 1.165) is 12.0 Å². The molecule has 0 aromatic heterocycles. The lowest BCUT2D eigenvalue weighted by Gasteiger charge is -2.13. The van der Waals surface area contributed by atoms with Crippen LogP contribution < -0.4 is 4.72 Å². The molecule has 134 valence electrons. The van der Waals surface area contributed by atoms with Gasteiger partial charge in [-0.15, -0.1) is 0 Å². The Balaban J connectivity index is 2.25. The fraction of sp³-hybridized carbons (Fsp3) is 0.316. The summed E-state index contributed by atoms with van der Waals surface area (Å²) in [4.78, 5) is 11.7. The molecule has 0 amide bonds. The molecule has 25 heavy (non-hydrogen) atoms. The number of ether oxygens (including phenoxy) is 1. The summed E-state index contributed by atoms with van der Waals surface area (Å²) in [6.07, 6.45) is 0.996. The molecule has 0 spiro atoms. The Bertz CT molecular complexity index is 857. The summed E-state index contributed by atoms with van der Waals surface area (Å²) in [7, 11) is -2.39. The zero-order valence-electron chi connectivity index (χ0n) is 14.9. The minimum atomic E-state index is -3.69. The SMILES string of the molecule is CCC(C)c1ccc(S(=O)(=O)Nc2ccc(C(=O)OC)cc2C)cc1. The molecule has 0 aliphatic rings. The number of esters is 1. The summed E-state index contributed by atoms with van der Waals surface area (Å²) in [5.74, 6) is -0.0732. The van der Waals surface area contributed by atoms with Crippen molar-refractivity contribution >= 4 is 21.7 Å². The smallest absolute Gasteiger partial charge is 0.337 e. The number of anilines is 1. The molecule has 5 nitrogen and oxygen atoms in total. The topological polar surface area (TPSA) is 72.5 Å². The second kappa shape index (κ2) is 7.70. The van der Waals surface area contributed by atoms with E-state index >= 15 is 0 Å². The zero-order chi connectivity index (χ0) is 18.6. The molecule has 0 bridgehead atoms. The van der Waals surface area contributed by atoms with Gasteiger partial charge in [0, 0.05) is 0 Å². The van der Waals surface area contributed by atoms with Crippen LogP contribution in [0.5, 0.6) is 0 Å². The molecule has 0 fully saturated rings. The average molecular weight is 361 g/mol. The number of methoxy groups -OCH3 is 1. The Hall–Kier alpha value is -2.34. The van der Waals surface area contributed by atoms with Crippen molar-refractivity contribution in [2.24, 2.45) is 0 Å². The summed E-state index contributed by atoms with van der Waals surface area (Å²) in [6, 6.07) is 11.6. The van der Waals surface area contributed by atoms with Crippen molar-refractivity contribution in [2.45, 2.75) is 38.0 Å². The first-order chi connectivity index (χ1) is 11.8. The second-order valence-electron chi connectivity index (χ2n) is 6.01. The summed E-state index contributed by atoms with van der Waals surface area (Å²) in [5, 5.41) is 0. The van der Waals surface area contributed by atoms with E-state index in [1.807, 2.05) is 12.1 Å². The van der Waals surface area contributed by atoms with Gasteiger partial charge >= 0.3 is 5.97 Å². The Morgan fingerprint density at radius 1 is 1.16 bits per heavy atom. The van der Waals surface area contributed by atoms with Gasteiger partial charge in [-0.2, -0.15) is 0 Å². The van der Waals surface area contributed by atoms with E-state index in [1.54, 1.807) is 31.2 Å². The lowest BCUT2D eigenvalue weighted by Crippen LogP contribution is -2.14. The van der Waals surface area contributed by atoms with Crippen molar-refractivity contribution in [1.29, 1.82) is 0 Å². The molecule has 0 saturated heterocycles. The maximum atomic E-state index is 12.6. The first-order valence-corrected chi connectivity index (χ1v) is 9.58. The van der Waals surface area contributed by atoms with E-state index in [4.69, 9.17) is 0 Å². The molecule has 0 aliphatic heterocycles. The predicted molar refractivity (Wildman–Crippen MR) is 98.5 cm³/mol. The van der Waals surface area contributed by atoms with Crippen LogP contribution in [0.2, 0.25) is 0 Å². The predicted octanol–water partition coefficient (Wildman–Crippen LogP) is 4.10. The third-order valence-corrected chi connectivity index (χ3v) is 5.65. The summed E-state index contributed by atoms with van der Waals surface area (Å²) in [6.45, 7) is 5.93. The zero-order valence-corrected chi connectivity index (χ0v) is 15.7. The number of hydrogen-bond donors (Lipinski definition) is 1. The minimum absolute atomic E-state index is 0.205. The summed E-state index contributed by atoms with van der Waals surface area (Å²) in [5.41, 5.74) is 2.56. The van der Waals surface area contributed by atoms with E-state index in [1.165, 1.54) is 13.2 Å². The van der Waals surface area contributed by atoms with Crippen molar-refractivity contribution in [1.82, 2.24) is 0 Å². The van der Waals surface area contributed by atoms with Crippen LogP contribution in [-0.2, 0) is 14.8 Å². The van der Waals surface area contributed by atoms with Gasteiger partial charge in [0.15, 0.2) is 0 Å². The van der Waals surface area contributed by atoms with Gasteiger partial charge in [0.05, 0.1) is 23.3 Å². The molecule has 0 heterocycles.